The van der Waals surface area contributed by atoms with Crippen LogP contribution in [-0.2, 0) is 6.54 Å². The molecule has 1 aliphatic rings. The van der Waals surface area contributed by atoms with E-state index in [4.69, 9.17) is 0 Å². The van der Waals surface area contributed by atoms with Crippen molar-refractivity contribution in [1.29, 1.82) is 0 Å². The molecule has 1 aliphatic heterocycles. The lowest BCUT2D eigenvalue weighted by atomic mass is 10.4. The van der Waals surface area contributed by atoms with E-state index in [1.165, 1.54) is 10.7 Å². The van der Waals surface area contributed by atoms with Gasteiger partial charge in [0.1, 0.15) is 5.03 Å². The highest BCUT2D eigenvalue weighted by Crippen LogP contribution is 2.33. The van der Waals surface area contributed by atoms with E-state index in [1.54, 1.807) is 0 Å². The number of aromatic nitrogens is 2. The number of hydrogen-bond donors (Lipinski definition) is 1. The van der Waals surface area contributed by atoms with Gasteiger partial charge in [-0.2, -0.15) is 5.10 Å². The van der Waals surface area contributed by atoms with Crippen LogP contribution in [0.4, 0.5) is 5.69 Å². The molecule has 0 amide bonds. The first-order valence-electron chi connectivity index (χ1n) is 4.27. The highest BCUT2D eigenvalue weighted by Gasteiger charge is 2.17. The molecule has 0 bridgehead atoms. The smallest absolute Gasteiger partial charge is 0.118 e. The number of thioether (sulfide) groups is 1. The van der Waals surface area contributed by atoms with Gasteiger partial charge in [-0.3, -0.25) is 4.68 Å². The van der Waals surface area contributed by atoms with Crippen molar-refractivity contribution in [2.45, 2.75) is 25.4 Å². The average Bonchev–Trinajstić information content (AvgIpc) is 2.44. The summed E-state index contributed by atoms with van der Waals surface area (Å²) in [6.45, 7) is 6.21. The monoisotopic (exact) mass is 183 g/mol. The third-order valence-corrected chi connectivity index (χ3v) is 3.12. The highest BCUT2D eigenvalue weighted by atomic mass is 32.2. The molecule has 0 atom stereocenters. The van der Waals surface area contributed by atoms with E-state index >= 15 is 0 Å². The van der Waals surface area contributed by atoms with Gasteiger partial charge in [-0.25, -0.2) is 0 Å². The van der Waals surface area contributed by atoms with E-state index in [-0.39, 0.29) is 0 Å². The fourth-order valence-corrected chi connectivity index (χ4v) is 2.53. The van der Waals surface area contributed by atoms with Crippen LogP contribution in [-0.4, -0.2) is 22.1 Å². The SMILES string of the molecule is CCn1nc(C)c2c1SCCN2. The normalized spacial score (nSPS) is 15.5. The number of anilines is 1. The van der Waals surface area contributed by atoms with Crippen LogP contribution in [0.1, 0.15) is 12.6 Å². The fraction of sp³-hybridized carbons (Fsp3) is 0.625. The average molecular weight is 183 g/mol. The number of nitrogens with one attached hydrogen (secondary N) is 1. The van der Waals surface area contributed by atoms with Crippen molar-refractivity contribution < 1.29 is 0 Å². The lowest BCUT2D eigenvalue weighted by molar-refractivity contribution is 0.601. The molecule has 0 saturated carbocycles. The van der Waals surface area contributed by atoms with Gasteiger partial charge in [0.2, 0.25) is 0 Å². The van der Waals surface area contributed by atoms with Gasteiger partial charge in [-0.05, 0) is 13.8 Å². The van der Waals surface area contributed by atoms with Crippen LogP contribution < -0.4 is 5.32 Å². The Bertz CT molecular complexity index is 293. The van der Waals surface area contributed by atoms with Gasteiger partial charge in [-0.1, -0.05) is 0 Å². The molecule has 0 radical (unpaired) electrons. The highest BCUT2D eigenvalue weighted by molar-refractivity contribution is 7.99. The Balaban J connectivity index is 2.47. The van der Waals surface area contributed by atoms with Crippen LogP contribution in [0.25, 0.3) is 0 Å². The number of fused-ring (bicyclic) bond motifs is 1. The van der Waals surface area contributed by atoms with Crippen molar-refractivity contribution in [3.8, 4) is 0 Å². The summed E-state index contributed by atoms with van der Waals surface area (Å²) in [6.07, 6.45) is 0. The summed E-state index contributed by atoms with van der Waals surface area (Å²) in [5, 5.41) is 9.13. The summed E-state index contributed by atoms with van der Waals surface area (Å²) < 4.78 is 2.07. The maximum Gasteiger partial charge on any atom is 0.118 e. The van der Waals surface area contributed by atoms with Crippen molar-refractivity contribution in [3.05, 3.63) is 5.69 Å². The first kappa shape index (κ1) is 7.98. The first-order valence-corrected chi connectivity index (χ1v) is 5.25. The van der Waals surface area contributed by atoms with Crippen LogP contribution in [0.3, 0.4) is 0 Å². The molecule has 1 aromatic heterocycles. The summed E-state index contributed by atoms with van der Waals surface area (Å²) >= 11 is 1.90. The molecular weight excluding hydrogens is 170 g/mol. The van der Waals surface area contributed by atoms with Crippen LogP contribution in [0, 0.1) is 6.92 Å². The van der Waals surface area contributed by atoms with Gasteiger partial charge >= 0.3 is 0 Å². The number of nitrogens with zero attached hydrogens (tertiary/aromatic N) is 2. The molecule has 0 saturated heterocycles. The second kappa shape index (κ2) is 3.01. The molecular formula is C8H13N3S. The van der Waals surface area contributed by atoms with Crippen molar-refractivity contribution in [2.75, 3.05) is 17.6 Å². The van der Waals surface area contributed by atoms with E-state index in [1.807, 2.05) is 11.8 Å². The third kappa shape index (κ3) is 1.10. The molecule has 1 aromatic rings. The van der Waals surface area contributed by atoms with E-state index in [0.717, 1.165) is 24.5 Å². The Kier molecular flexibility index (Phi) is 2.00. The second-order valence-electron chi connectivity index (χ2n) is 2.86. The quantitative estimate of drug-likeness (QED) is 0.719. The van der Waals surface area contributed by atoms with Gasteiger partial charge in [-0.15, -0.1) is 11.8 Å². The van der Waals surface area contributed by atoms with Crippen LogP contribution in [0.15, 0.2) is 5.03 Å². The summed E-state index contributed by atoms with van der Waals surface area (Å²) in [5.41, 5.74) is 2.37. The fourth-order valence-electron chi connectivity index (χ4n) is 1.45. The Hall–Kier alpha value is -0.640. The standard InChI is InChI=1S/C8H13N3S/c1-3-11-8-7(6(2)10-11)9-4-5-12-8/h9H,3-5H2,1-2H3. The topological polar surface area (TPSA) is 29.9 Å². The van der Waals surface area contributed by atoms with Crippen LogP contribution in [0.5, 0.6) is 0 Å². The molecule has 12 heavy (non-hydrogen) atoms. The Labute approximate surface area is 76.5 Å². The lowest BCUT2D eigenvalue weighted by Gasteiger charge is -2.14. The van der Waals surface area contributed by atoms with Gasteiger partial charge in [0.15, 0.2) is 0 Å². The van der Waals surface area contributed by atoms with Crippen molar-refractivity contribution in [2.24, 2.45) is 0 Å². The summed E-state index contributed by atoms with van der Waals surface area (Å²) in [4.78, 5) is 0. The zero-order valence-electron chi connectivity index (χ0n) is 7.42. The minimum absolute atomic E-state index is 0.963. The maximum atomic E-state index is 4.44. The third-order valence-electron chi connectivity index (χ3n) is 2.02. The summed E-state index contributed by atoms with van der Waals surface area (Å²) in [5.74, 6) is 1.15. The molecule has 0 aliphatic carbocycles. The van der Waals surface area contributed by atoms with Gasteiger partial charge in [0, 0.05) is 18.8 Å². The maximum absolute atomic E-state index is 4.44. The van der Waals surface area contributed by atoms with Crippen LogP contribution >= 0.6 is 11.8 Å². The van der Waals surface area contributed by atoms with Gasteiger partial charge < -0.3 is 5.32 Å². The number of aryl methyl sites for hydroxylation is 2. The number of hydrogen-bond acceptors (Lipinski definition) is 3. The molecule has 0 aromatic carbocycles. The lowest BCUT2D eigenvalue weighted by Crippen LogP contribution is -2.11. The Morgan fingerprint density at radius 2 is 2.50 bits per heavy atom. The van der Waals surface area contributed by atoms with Gasteiger partial charge in [0.05, 0.1) is 11.4 Å². The van der Waals surface area contributed by atoms with E-state index in [9.17, 15) is 0 Å². The summed E-state index contributed by atoms with van der Waals surface area (Å²) in [7, 11) is 0. The van der Waals surface area contributed by atoms with E-state index in [2.05, 4.69) is 28.9 Å². The molecule has 2 rings (SSSR count). The molecule has 2 heterocycles. The zero-order chi connectivity index (χ0) is 8.55. The molecule has 0 unspecified atom stereocenters. The minimum Gasteiger partial charge on any atom is -0.381 e. The van der Waals surface area contributed by atoms with Gasteiger partial charge in [0.25, 0.3) is 0 Å². The predicted molar refractivity (Wildman–Crippen MR) is 51.9 cm³/mol. The Morgan fingerprint density at radius 1 is 1.67 bits per heavy atom. The van der Waals surface area contributed by atoms with Crippen molar-refractivity contribution in [1.82, 2.24) is 9.78 Å². The zero-order valence-corrected chi connectivity index (χ0v) is 8.24. The molecule has 1 N–H and O–H groups in total. The van der Waals surface area contributed by atoms with Crippen molar-refractivity contribution in [3.63, 3.8) is 0 Å². The second-order valence-corrected chi connectivity index (χ2v) is 3.94. The van der Waals surface area contributed by atoms with Crippen molar-refractivity contribution >= 4 is 17.4 Å². The molecule has 0 spiro atoms. The Morgan fingerprint density at radius 3 is 3.25 bits per heavy atom. The van der Waals surface area contributed by atoms with E-state index < -0.39 is 0 Å². The molecule has 0 fully saturated rings. The minimum atomic E-state index is 0.963. The predicted octanol–water partition coefficient (Wildman–Crippen LogP) is 1.73. The van der Waals surface area contributed by atoms with Crippen LogP contribution in [0.2, 0.25) is 0 Å². The molecule has 66 valence electrons. The molecule has 3 nitrogen and oxygen atoms in total. The summed E-state index contributed by atoms with van der Waals surface area (Å²) in [6, 6.07) is 0. The number of rotatable bonds is 1. The first-order chi connectivity index (χ1) is 5.83. The largest absolute Gasteiger partial charge is 0.381 e. The van der Waals surface area contributed by atoms with E-state index in [0.29, 0.717) is 0 Å². The molecule has 4 heteroatoms.